The fraction of sp³-hybridized carbons (Fsp3) is 0.583. The predicted molar refractivity (Wildman–Crippen MR) is 64.1 cm³/mol. The van der Waals surface area contributed by atoms with Crippen LogP contribution in [0.2, 0.25) is 0 Å². The summed E-state index contributed by atoms with van der Waals surface area (Å²) in [6.07, 6.45) is 7.75. The molecule has 1 heterocycles. The second kappa shape index (κ2) is 4.69. The monoisotopic (exact) mass is 235 g/mol. The Labute approximate surface area is 100 Å². The normalized spacial score (nSPS) is 17.2. The van der Waals surface area contributed by atoms with Gasteiger partial charge in [-0.05, 0) is 24.7 Å². The van der Waals surface area contributed by atoms with Crippen molar-refractivity contribution in [3.05, 3.63) is 18.1 Å². The Morgan fingerprint density at radius 2 is 2.24 bits per heavy atom. The number of nitrogens with zero attached hydrogens (tertiary/aromatic N) is 2. The molecule has 5 heteroatoms. The topological polar surface area (TPSA) is 75.1 Å². The number of rotatable bonds is 5. The maximum atomic E-state index is 10.6. The number of carbonyl (C=O) groups is 1. The smallest absolute Gasteiger partial charge is 0.356 e. The molecule has 92 valence electrons. The zero-order valence-corrected chi connectivity index (χ0v) is 9.94. The number of carboxylic acid groups (broad SMARTS) is 1. The van der Waals surface area contributed by atoms with Crippen molar-refractivity contribution in [2.75, 3.05) is 11.9 Å². The number of anilines is 1. The lowest BCUT2D eigenvalue weighted by atomic mass is 9.67. The van der Waals surface area contributed by atoms with Crippen molar-refractivity contribution in [3.63, 3.8) is 0 Å². The Bertz CT molecular complexity index is 393. The van der Waals surface area contributed by atoms with Gasteiger partial charge >= 0.3 is 5.97 Å². The van der Waals surface area contributed by atoms with Crippen LogP contribution in [0.3, 0.4) is 0 Å². The van der Waals surface area contributed by atoms with E-state index < -0.39 is 5.97 Å². The van der Waals surface area contributed by atoms with Gasteiger partial charge in [-0.2, -0.15) is 0 Å². The highest BCUT2D eigenvalue weighted by atomic mass is 16.4. The van der Waals surface area contributed by atoms with Gasteiger partial charge in [-0.25, -0.2) is 14.8 Å². The fourth-order valence-electron chi connectivity index (χ4n) is 2.14. The molecule has 0 radical (unpaired) electrons. The van der Waals surface area contributed by atoms with Crippen LogP contribution in [0.1, 0.15) is 43.1 Å². The van der Waals surface area contributed by atoms with Crippen LogP contribution in [0, 0.1) is 5.41 Å². The van der Waals surface area contributed by atoms with E-state index in [0.29, 0.717) is 11.2 Å². The number of aromatic carboxylic acids is 1. The highest BCUT2D eigenvalue weighted by Crippen LogP contribution is 2.43. The molecule has 1 aromatic rings. The molecular formula is C12H17N3O2. The molecule has 2 rings (SSSR count). The summed E-state index contributed by atoms with van der Waals surface area (Å²) in [5.41, 5.74) is 0.386. The molecule has 1 fully saturated rings. The van der Waals surface area contributed by atoms with Gasteiger partial charge in [0.1, 0.15) is 5.82 Å². The maximum Gasteiger partial charge on any atom is 0.356 e. The lowest BCUT2D eigenvalue weighted by Gasteiger charge is -2.41. The van der Waals surface area contributed by atoms with E-state index in [-0.39, 0.29) is 5.69 Å². The van der Waals surface area contributed by atoms with Gasteiger partial charge in [-0.1, -0.05) is 13.3 Å². The van der Waals surface area contributed by atoms with Crippen molar-refractivity contribution >= 4 is 11.8 Å². The van der Waals surface area contributed by atoms with E-state index in [1.165, 1.54) is 38.1 Å². The van der Waals surface area contributed by atoms with Crippen LogP contribution in [0.15, 0.2) is 12.4 Å². The lowest BCUT2D eigenvalue weighted by molar-refractivity contribution is 0.0690. The zero-order chi connectivity index (χ0) is 12.3. The van der Waals surface area contributed by atoms with Gasteiger partial charge in [-0.15, -0.1) is 0 Å². The first-order chi connectivity index (χ1) is 8.15. The van der Waals surface area contributed by atoms with E-state index in [9.17, 15) is 4.79 Å². The van der Waals surface area contributed by atoms with E-state index >= 15 is 0 Å². The predicted octanol–water partition coefficient (Wildman–Crippen LogP) is 2.17. The molecule has 1 aromatic heterocycles. The largest absolute Gasteiger partial charge is 0.476 e. The summed E-state index contributed by atoms with van der Waals surface area (Å²) in [5, 5.41) is 11.9. The molecule has 0 amide bonds. The summed E-state index contributed by atoms with van der Waals surface area (Å²) in [6, 6.07) is 0. The molecule has 0 atom stereocenters. The average molecular weight is 235 g/mol. The summed E-state index contributed by atoms with van der Waals surface area (Å²) in [7, 11) is 0. The second-order valence-electron chi connectivity index (χ2n) is 4.65. The number of hydrogen-bond acceptors (Lipinski definition) is 4. The third-order valence-corrected chi connectivity index (χ3v) is 3.68. The van der Waals surface area contributed by atoms with Crippen LogP contribution >= 0.6 is 0 Å². The minimum absolute atomic E-state index is 0.0237. The van der Waals surface area contributed by atoms with Crippen LogP contribution in [-0.4, -0.2) is 27.6 Å². The van der Waals surface area contributed by atoms with Crippen molar-refractivity contribution in [1.82, 2.24) is 9.97 Å². The molecule has 0 spiro atoms. The van der Waals surface area contributed by atoms with Crippen LogP contribution in [0.25, 0.3) is 0 Å². The van der Waals surface area contributed by atoms with E-state index in [2.05, 4.69) is 22.2 Å². The summed E-state index contributed by atoms with van der Waals surface area (Å²) in [6.45, 7) is 3.10. The summed E-state index contributed by atoms with van der Waals surface area (Å²) >= 11 is 0. The van der Waals surface area contributed by atoms with Crippen LogP contribution < -0.4 is 5.32 Å². The molecule has 0 aromatic carbocycles. The van der Waals surface area contributed by atoms with Crippen molar-refractivity contribution in [2.24, 2.45) is 5.41 Å². The first kappa shape index (κ1) is 11.8. The number of hydrogen-bond donors (Lipinski definition) is 2. The zero-order valence-electron chi connectivity index (χ0n) is 9.94. The average Bonchev–Trinajstić information content (AvgIpc) is 2.29. The Kier molecular flexibility index (Phi) is 3.26. The van der Waals surface area contributed by atoms with E-state index in [0.717, 1.165) is 6.54 Å². The number of carboxylic acids is 1. The van der Waals surface area contributed by atoms with E-state index in [4.69, 9.17) is 5.11 Å². The molecule has 1 aliphatic carbocycles. The van der Waals surface area contributed by atoms with Gasteiger partial charge in [0.05, 0.1) is 12.4 Å². The number of nitrogens with one attached hydrogen (secondary N) is 1. The Morgan fingerprint density at radius 1 is 1.47 bits per heavy atom. The van der Waals surface area contributed by atoms with Crippen LogP contribution in [0.4, 0.5) is 5.82 Å². The molecular weight excluding hydrogens is 218 g/mol. The fourth-order valence-corrected chi connectivity index (χ4v) is 2.14. The SMILES string of the molecule is CCC1(CNc2cnc(C(=O)O)cn2)CCC1. The summed E-state index contributed by atoms with van der Waals surface area (Å²) in [4.78, 5) is 18.5. The number of aromatic nitrogens is 2. The Balaban J connectivity index is 1.93. The quantitative estimate of drug-likeness (QED) is 0.818. The van der Waals surface area contributed by atoms with E-state index in [1.807, 2.05) is 0 Å². The Hall–Kier alpha value is -1.65. The van der Waals surface area contributed by atoms with Gasteiger partial charge in [0.25, 0.3) is 0 Å². The molecule has 1 aliphatic rings. The lowest BCUT2D eigenvalue weighted by Crippen LogP contribution is -2.36. The van der Waals surface area contributed by atoms with Crippen molar-refractivity contribution in [1.29, 1.82) is 0 Å². The molecule has 5 nitrogen and oxygen atoms in total. The highest BCUT2D eigenvalue weighted by Gasteiger charge is 2.34. The molecule has 0 aliphatic heterocycles. The van der Waals surface area contributed by atoms with Gasteiger partial charge in [0, 0.05) is 6.54 Å². The summed E-state index contributed by atoms with van der Waals surface area (Å²) < 4.78 is 0. The maximum absolute atomic E-state index is 10.6. The standard InChI is InChI=1S/C12H17N3O2/c1-2-12(4-3-5-12)8-15-10-7-13-9(6-14-10)11(16)17/h6-7H,2-5,8H2,1H3,(H,14,15)(H,16,17). The second-order valence-corrected chi connectivity index (χ2v) is 4.65. The molecule has 17 heavy (non-hydrogen) atoms. The molecule has 0 bridgehead atoms. The minimum atomic E-state index is -1.05. The molecule has 0 unspecified atom stereocenters. The third kappa shape index (κ3) is 2.54. The van der Waals surface area contributed by atoms with Crippen molar-refractivity contribution in [2.45, 2.75) is 32.6 Å². The minimum Gasteiger partial charge on any atom is -0.476 e. The third-order valence-electron chi connectivity index (χ3n) is 3.68. The Morgan fingerprint density at radius 3 is 2.65 bits per heavy atom. The summed E-state index contributed by atoms with van der Waals surface area (Å²) in [5.74, 6) is -0.400. The highest BCUT2D eigenvalue weighted by molar-refractivity contribution is 5.84. The van der Waals surface area contributed by atoms with Crippen molar-refractivity contribution < 1.29 is 9.90 Å². The molecule has 0 saturated heterocycles. The molecule has 1 saturated carbocycles. The van der Waals surface area contributed by atoms with Crippen molar-refractivity contribution in [3.8, 4) is 0 Å². The molecule has 2 N–H and O–H groups in total. The van der Waals surface area contributed by atoms with Crippen LogP contribution in [-0.2, 0) is 0 Å². The van der Waals surface area contributed by atoms with Gasteiger partial charge in [0.15, 0.2) is 5.69 Å². The van der Waals surface area contributed by atoms with Gasteiger partial charge < -0.3 is 10.4 Å². The first-order valence-corrected chi connectivity index (χ1v) is 5.94. The van der Waals surface area contributed by atoms with E-state index in [1.54, 1.807) is 0 Å². The first-order valence-electron chi connectivity index (χ1n) is 5.94. The van der Waals surface area contributed by atoms with Crippen LogP contribution in [0.5, 0.6) is 0 Å². The van der Waals surface area contributed by atoms with Gasteiger partial charge in [-0.3, -0.25) is 0 Å². The van der Waals surface area contributed by atoms with Gasteiger partial charge in [0.2, 0.25) is 0 Å².